The average Bonchev–Trinajstić information content (AvgIpc) is 3.03. The summed E-state index contributed by atoms with van der Waals surface area (Å²) >= 11 is 5.89. The Labute approximate surface area is 147 Å². The van der Waals surface area contributed by atoms with Crippen molar-refractivity contribution in [3.05, 3.63) is 68.7 Å². The van der Waals surface area contributed by atoms with E-state index in [9.17, 15) is 19.7 Å². The third-order valence-electron chi connectivity index (χ3n) is 3.90. The Morgan fingerprint density at radius 2 is 2.00 bits per heavy atom. The molecule has 0 aromatic heterocycles. The zero-order chi connectivity index (χ0) is 18.0. The first-order chi connectivity index (χ1) is 12.0. The van der Waals surface area contributed by atoms with E-state index < -0.39 is 17.5 Å². The number of carbonyl (C=O) groups is 2. The molecule has 0 saturated heterocycles. The quantitative estimate of drug-likeness (QED) is 0.475. The van der Waals surface area contributed by atoms with Crippen molar-refractivity contribution in [2.45, 2.75) is 6.42 Å². The molecule has 8 heteroatoms. The highest BCUT2D eigenvalue weighted by Gasteiger charge is 2.25. The van der Waals surface area contributed by atoms with Crippen molar-refractivity contribution >= 4 is 34.9 Å². The van der Waals surface area contributed by atoms with Crippen LogP contribution in [-0.2, 0) is 16.0 Å². The maximum Gasteiger partial charge on any atom is 0.340 e. The predicted molar refractivity (Wildman–Crippen MR) is 90.9 cm³/mol. The Bertz CT molecular complexity index is 868. The van der Waals surface area contributed by atoms with E-state index in [1.54, 1.807) is 4.90 Å². The summed E-state index contributed by atoms with van der Waals surface area (Å²) in [6.07, 6.45) is 0.743. The van der Waals surface area contributed by atoms with Gasteiger partial charge in [0.05, 0.1) is 15.5 Å². The van der Waals surface area contributed by atoms with Crippen LogP contribution in [0.4, 0.5) is 11.4 Å². The summed E-state index contributed by atoms with van der Waals surface area (Å²) in [4.78, 5) is 36.1. The number of amides is 1. The minimum absolute atomic E-state index is 0.0227. The number of ether oxygens (including phenoxy) is 1. The lowest BCUT2D eigenvalue weighted by molar-refractivity contribution is -0.384. The zero-order valence-corrected chi connectivity index (χ0v) is 13.7. The lowest BCUT2D eigenvalue weighted by Gasteiger charge is -2.17. The molecule has 0 fully saturated rings. The molecule has 2 aromatic rings. The van der Waals surface area contributed by atoms with E-state index in [4.69, 9.17) is 16.3 Å². The number of rotatable bonds is 4. The predicted octanol–water partition coefficient (Wildman–Crippen LogP) is 2.99. The van der Waals surface area contributed by atoms with Gasteiger partial charge in [0.25, 0.3) is 11.6 Å². The van der Waals surface area contributed by atoms with Crippen LogP contribution in [0.2, 0.25) is 5.02 Å². The first-order valence-electron chi connectivity index (χ1n) is 7.46. The van der Waals surface area contributed by atoms with E-state index in [0.29, 0.717) is 6.54 Å². The van der Waals surface area contributed by atoms with Crippen molar-refractivity contribution in [1.82, 2.24) is 0 Å². The summed E-state index contributed by atoms with van der Waals surface area (Å²) in [7, 11) is 0. The van der Waals surface area contributed by atoms with E-state index in [0.717, 1.165) is 23.7 Å². The number of anilines is 1. The number of para-hydroxylation sites is 1. The highest BCUT2D eigenvalue weighted by atomic mass is 35.5. The second-order valence-corrected chi connectivity index (χ2v) is 5.83. The molecule has 0 bridgehead atoms. The number of halogens is 1. The van der Waals surface area contributed by atoms with Gasteiger partial charge in [-0.1, -0.05) is 29.8 Å². The molecule has 0 saturated carbocycles. The zero-order valence-electron chi connectivity index (χ0n) is 13.0. The molecule has 0 aliphatic carbocycles. The van der Waals surface area contributed by atoms with Gasteiger partial charge in [-0.3, -0.25) is 14.9 Å². The van der Waals surface area contributed by atoms with E-state index in [-0.39, 0.29) is 22.2 Å². The molecule has 3 rings (SSSR count). The van der Waals surface area contributed by atoms with Crippen LogP contribution >= 0.6 is 11.6 Å². The molecule has 1 heterocycles. The molecule has 25 heavy (non-hydrogen) atoms. The minimum Gasteiger partial charge on any atom is -0.452 e. The minimum atomic E-state index is -0.880. The van der Waals surface area contributed by atoms with Crippen LogP contribution in [0, 0.1) is 10.1 Å². The standard InChI is InChI=1S/C17H13ClN2O5/c18-14-6-5-12(20(23)24)9-13(14)17(22)25-10-16(21)19-8-7-11-3-1-2-4-15(11)19/h1-6,9H,7-8,10H2. The van der Waals surface area contributed by atoms with Crippen LogP contribution in [0.1, 0.15) is 15.9 Å². The fourth-order valence-electron chi connectivity index (χ4n) is 2.66. The average molecular weight is 361 g/mol. The second-order valence-electron chi connectivity index (χ2n) is 5.42. The molecule has 0 N–H and O–H groups in total. The number of esters is 1. The first kappa shape index (κ1) is 16.9. The summed E-state index contributed by atoms with van der Waals surface area (Å²) in [5.74, 6) is -1.24. The summed E-state index contributed by atoms with van der Waals surface area (Å²) in [6, 6.07) is 11.0. The van der Waals surface area contributed by atoms with Crippen molar-refractivity contribution in [3.63, 3.8) is 0 Å². The maximum absolute atomic E-state index is 12.3. The lowest BCUT2D eigenvalue weighted by Crippen LogP contribution is -2.33. The molecule has 0 radical (unpaired) electrons. The Morgan fingerprint density at radius 3 is 2.76 bits per heavy atom. The molecule has 2 aromatic carbocycles. The summed E-state index contributed by atoms with van der Waals surface area (Å²) < 4.78 is 5.00. The molecule has 0 atom stereocenters. The molecule has 1 aliphatic heterocycles. The van der Waals surface area contributed by atoms with Crippen molar-refractivity contribution in [2.75, 3.05) is 18.1 Å². The van der Waals surface area contributed by atoms with Crippen LogP contribution in [0.3, 0.4) is 0 Å². The second kappa shape index (κ2) is 6.90. The van der Waals surface area contributed by atoms with Gasteiger partial charge in [0.1, 0.15) is 0 Å². The van der Waals surface area contributed by atoms with E-state index in [2.05, 4.69) is 0 Å². The smallest absolute Gasteiger partial charge is 0.340 e. The number of benzene rings is 2. The molecule has 1 amide bonds. The van der Waals surface area contributed by atoms with Gasteiger partial charge in [-0.05, 0) is 24.1 Å². The topological polar surface area (TPSA) is 89.8 Å². The van der Waals surface area contributed by atoms with Crippen LogP contribution in [0.25, 0.3) is 0 Å². The number of hydrogen-bond donors (Lipinski definition) is 0. The van der Waals surface area contributed by atoms with Gasteiger partial charge in [-0.25, -0.2) is 4.79 Å². The maximum atomic E-state index is 12.3. The van der Waals surface area contributed by atoms with Gasteiger partial charge in [0.2, 0.25) is 0 Å². The van der Waals surface area contributed by atoms with Gasteiger partial charge in [0, 0.05) is 24.4 Å². The van der Waals surface area contributed by atoms with Gasteiger partial charge in [-0.2, -0.15) is 0 Å². The molecule has 0 spiro atoms. The van der Waals surface area contributed by atoms with Crippen LogP contribution in [0.5, 0.6) is 0 Å². The highest BCUT2D eigenvalue weighted by Crippen LogP contribution is 2.27. The van der Waals surface area contributed by atoms with Gasteiger partial charge >= 0.3 is 5.97 Å². The summed E-state index contributed by atoms with van der Waals surface area (Å²) in [5, 5.41) is 10.8. The molecule has 128 valence electrons. The number of carbonyl (C=O) groups excluding carboxylic acids is 2. The third kappa shape index (κ3) is 3.46. The molecule has 1 aliphatic rings. The SMILES string of the molecule is O=C(OCC(=O)N1CCc2ccccc21)c1cc([N+](=O)[O-])ccc1Cl. The molecular weight excluding hydrogens is 348 g/mol. The van der Waals surface area contributed by atoms with Crippen molar-refractivity contribution in [3.8, 4) is 0 Å². The monoisotopic (exact) mass is 360 g/mol. The molecule has 0 unspecified atom stereocenters. The normalized spacial score (nSPS) is 12.6. The van der Waals surface area contributed by atoms with Gasteiger partial charge < -0.3 is 9.64 Å². The lowest BCUT2D eigenvalue weighted by atomic mass is 10.2. The Kier molecular flexibility index (Phi) is 4.67. The molecular formula is C17H13ClN2O5. The Balaban J connectivity index is 1.68. The van der Waals surface area contributed by atoms with Crippen molar-refractivity contribution in [2.24, 2.45) is 0 Å². The number of nitro benzene ring substituents is 1. The highest BCUT2D eigenvalue weighted by molar-refractivity contribution is 6.33. The first-order valence-corrected chi connectivity index (χ1v) is 7.84. The Morgan fingerprint density at radius 1 is 1.24 bits per heavy atom. The largest absolute Gasteiger partial charge is 0.452 e. The van der Waals surface area contributed by atoms with E-state index in [1.165, 1.54) is 12.1 Å². The number of hydrogen-bond acceptors (Lipinski definition) is 5. The van der Waals surface area contributed by atoms with E-state index in [1.807, 2.05) is 24.3 Å². The number of nitro groups is 1. The van der Waals surface area contributed by atoms with Crippen molar-refractivity contribution in [1.29, 1.82) is 0 Å². The van der Waals surface area contributed by atoms with Crippen LogP contribution in [0.15, 0.2) is 42.5 Å². The van der Waals surface area contributed by atoms with Crippen LogP contribution < -0.4 is 4.90 Å². The van der Waals surface area contributed by atoms with E-state index >= 15 is 0 Å². The fourth-order valence-corrected chi connectivity index (χ4v) is 2.86. The fraction of sp³-hybridized carbons (Fsp3) is 0.176. The number of fused-ring (bicyclic) bond motifs is 1. The number of non-ortho nitro benzene ring substituents is 1. The Hall–Kier alpha value is -2.93. The third-order valence-corrected chi connectivity index (χ3v) is 4.23. The summed E-state index contributed by atoms with van der Waals surface area (Å²) in [5.41, 5.74) is 1.43. The van der Waals surface area contributed by atoms with Crippen molar-refractivity contribution < 1.29 is 19.2 Å². The number of nitrogens with zero attached hydrogens (tertiary/aromatic N) is 2. The molecule has 7 nitrogen and oxygen atoms in total. The van der Waals surface area contributed by atoms with Gasteiger partial charge in [0.15, 0.2) is 6.61 Å². The van der Waals surface area contributed by atoms with Gasteiger partial charge in [-0.15, -0.1) is 0 Å². The summed E-state index contributed by atoms with van der Waals surface area (Å²) in [6.45, 7) is 0.0550. The van der Waals surface area contributed by atoms with Crippen LogP contribution in [-0.4, -0.2) is 30.0 Å².